The number of aromatic nitrogens is 4. The van der Waals surface area contributed by atoms with Crippen LogP contribution < -0.4 is 0 Å². The van der Waals surface area contributed by atoms with Gasteiger partial charge in [0.25, 0.3) is 0 Å². The summed E-state index contributed by atoms with van der Waals surface area (Å²) in [4.78, 5) is 4.08. The van der Waals surface area contributed by atoms with Crippen LogP contribution in [0.15, 0.2) is 0 Å². The topological polar surface area (TPSA) is 35.6 Å². The summed E-state index contributed by atoms with van der Waals surface area (Å²) in [6, 6.07) is 0. The maximum Gasteiger partial charge on any atom is 0.406 e. The average molecular weight is 267 g/mol. The number of fused-ring (bicyclic) bond motifs is 1. The molecule has 0 aliphatic carbocycles. The van der Waals surface area contributed by atoms with E-state index in [4.69, 9.17) is 11.6 Å². The number of rotatable bonds is 2. The van der Waals surface area contributed by atoms with Crippen LogP contribution in [0.5, 0.6) is 0 Å². The largest absolute Gasteiger partial charge is 0.406 e. The Morgan fingerprint density at radius 1 is 1.35 bits per heavy atom. The number of aryl methyl sites for hydroxylation is 2. The molecule has 0 atom stereocenters. The quantitative estimate of drug-likeness (QED) is 0.783. The highest BCUT2D eigenvalue weighted by atomic mass is 35.5. The number of nitrogens with zero attached hydrogens (tertiary/aromatic N) is 4. The summed E-state index contributed by atoms with van der Waals surface area (Å²) in [5, 5.41) is 4.04. The van der Waals surface area contributed by atoms with Gasteiger partial charge in [0.1, 0.15) is 17.9 Å². The second-order valence-corrected chi connectivity index (χ2v) is 4.01. The molecule has 0 aliphatic rings. The number of imidazole rings is 1. The Balaban J connectivity index is 2.65. The van der Waals surface area contributed by atoms with E-state index >= 15 is 0 Å². The van der Waals surface area contributed by atoms with E-state index < -0.39 is 12.7 Å². The highest BCUT2D eigenvalue weighted by Crippen LogP contribution is 2.25. The zero-order chi connectivity index (χ0) is 12.8. The molecule has 0 aromatic carbocycles. The van der Waals surface area contributed by atoms with Crippen LogP contribution in [-0.2, 0) is 19.5 Å². The Bertz CT molecular complexity index is 555. The molecule has 0 aliphatic heterocycles. The minimum Gasteiger partial charge on any atom is -0.303 e. The van der Waals surface area contributed by atoms with Crippen molar-refractivity contribution in [2.45, 2.75) is 25.5 Å². The van der Waals surface area contributed by atoms with E-state index in [0.29, 0.717) is 16.9 Å². The number of hydrogen-bond acceptors (Lipinski definition) is 2. The molecule has 0 spiro atoms. The molecule has 2 aromatic rings. The van der Waals surface area contributed by atoms with Crippen molar-refractivity contribution in [1.82, 2.24) is 19.3 Å². The standard InChI is InChI=1S/C9H10ClF3N4/c1-5-7-8(16(2)15-5)17(4-9(11,12)13)6(3-10)14-7/h3-4H2,1-2H3. The fourth-order valence-electron chi connectivity index (χ4n) is 1.83. The molecule has 94 valence electrons. The summed E-state index contributed by atoms with van der Waals surface area (Å²) in [6.45, 7) is 0.593. The van der Waals surface area contributed by atoms with Crippen LogP contribution in [0, 0.1) is 6.92 Å². The van der Waals surface area contributed by atoms with Crippen molar-refractivity contribution in [1.29, 1.82) is 0 Å². The molecule has 0 saturated heterocycles. The third kappa shape index (κ3) is 2.11. The summed E-state index contributed by atoms with van der Waals surface area (Å²) in [5.41, 5.74) is 1.40. The fourth-order valence-corrected chi connectivity index (χ4v) is 2.03. The summed E-state index contributed by atoms with van der Waals surface area (Å²) >= 11 is 5.61. The molecule has 0 unspecified atom stereocenters. The Kier molecular flexibility index (Phi) is 2.81. The zero-order valence-corrected chi connectivity index (χ0v) is 9.97. The van der Waals surface area contributed by atoms with E-state index in [9.17, 15) is 13.2 Å². The molecular formula is C9H10ClF3N4. The van der Waals surface area contributed by atoms with Crippen molar-refractivity contribution in [3.05, 3.63) is 11.5 Å². The van der Waals surface area contributed by atoms with Crippen molar-refractivity contribution >= 4 is 22.8 Å². The highest BCUT2D eigenvalue weighted by Gasteiger charge is 2.31. The van der Waals surface area contributed by atoms with E-state index in [0.717, 1.165) is 4.57 Å². The second-order valence-electron chi connectivity index (χ2n) is 3.74. The van der Waals surface area contributed by atoms with Gasteiger partial charge in [0, 0.05) is 7.05 Å². The van der Waals surface area contributed by atoms with Crippen molar-refractivity contribution in [3.8, 4) is 0 Å². The van der Waals surface area contributed by atoms with Gasteiger partial charge in [-0.15, -0.1) is 11.6 Å². The van der Waals surface area contributed by atoms with Crippen LogP contribution in [0.4, 0.5) is 13.2 Å². The number of hydrogen-bond donors (Lipinski definition) is 0. The van der Waals surface area contributed by atoms with Gasteiger partial charge in [0.05, 0.1) is 11.6 Å². The van der Waals surface area contributed by atoms with Gasteiger partial charge in [0.2, 0.25) is 0 Å². The van der Waals surface area contributed by atoms with Gasteiger partial charge in [-0.3, -0.25) is 4.68 Å². The predicted octanol–water partition coefficient (Wildman–Crippen LogP) is 2.38. The first-order valence-corrected chi connectivity index (χ1v) is 5.38. The van der Waals surface area contributed by atoms with Crippen LogP contribution >= 0.6 is 11.6 Å². The van der Waals surface area contributed by atoms with E-state index in [2.05, 4.69) is 10.1 Å². The molecule has 2 heterocycles. The van der Waals surface area contributed by atoms with Gasteiger partial charge < -0.3 is 4.57 Å². The second kappa shape index (κ2) is 3.90. The van der Waals surface area contributed by atoms with Crippen LogP contribution in [0.1, 0.15) is 11.5 Å². The number of halogens is 4. The molecule has 8 heteroatoms. The van der Waals surface area contributed by atoms with Gasteiger partial charge in [-0.05, 0) is 6.92 Å². The molecule has 17 heavy (non-hydrogen) atoms. The van der Waals surface area contributed by atoms with Gasteiger partial charge in [0.15, 0.2) is 5.65 Å². The van der Waals surface area contributed by atoms with E-state index in [-0.39, 0.29) is 11.7 Å². The lowest BCUT2D eigenvalue weighted by Gasteiger charge is -2.10. The normalized spacial score (nSPS) is 12.6. The van der Waals surface area contributed by atoms with E-state index in [1.54, 1.807) is 14.0 Å². The van der Waals surface area contributed by atoms with Gasteiger partial charge in [-0.2, -0.15) is 18.3 Å². The molecule has 0 fully saturated rings. The molecule has 0 N–H and O–H groups in total. The van der Waals surface area contributed by atoms with Crippen molar-refractivity contribution in [3.63, 3.8) is 0 Å². The Hall–Kier alpha value is -1.24. The minimum absolute atomic E-state index is 0.0653. The lowest BCUT2D eigenvalue weighted by atomic mass is 10.4. The monoisotopic (exact) mass is 266 g/mol. The molecule has 0 saturated carbocycles. The van der Waals surface area contributed by atoms with E-state index in [1.165, 1.54) is 4.68 Å². The highest BCUT2D eigenvalue weighted by molar-refractivity contribution is 6.16. The molecule has 2 rings (SSSR count). The third-order valence-electron chi connectivity index (χ3n) is 2.43. The molecule has 0 amide bonds. The molecular weight excluding hydrogens is 257 g/mol. The SMILES string of the molecule is Cc1nn(C)c2c1nc(CCl)n2CC(F)(F)F. The summed E-state index contributed by atoms with van der Waals surface area (Å²) < 4.78 is 39.9. The molecule has 0 bridgehead atoms. The minimum atomic E-state index is -4.31. The predicted molar refractivity (Wildman–Crippen MR) is 56.8 cm³/mol. The lowest BCUT2D eigenvalue weighted by molar-refractivity contribution is -0.140. The average Bonchev–Trinajstić information content (AvgIpc) is 2.65. The smallest absolute Gasteiger partial charge is 0.303 e. The maximum absolute atomic E-state index is 12.5. The summed E-state index contributed by atoms with van der Waals surface area (Å²) in [5.74, 6) is 0.139. The maximum atomic E-state index is 12.5. The Morgan fingerprint density at radius 3 is 2.53 bits per heavy atom. The van der Waals surface area contributed by atoms with Crippen LogP contribution in [-0.4, -0.2) is 25.5 Å². The Labute approximate surface area is 100.0 Å². The summed E-state index contributed by atoms with van der Waals surface area (Å²) in [7, 11) is 1.59. The van der Waals surface area contributed by atoms with Crippen LogP contribution in [0.3, 0.4) is 0 Å². The first kappa shape index (κ1) is 12.2. The first-order chi connectivity index (χ1) is 7.83. The van der Waals surface area contributed by atoms with Gasteiger partial charge in [-0.1, -0.05) is 0 Å². The third-order valence-corrected chi connectivity index (χ3v) is 2.67. The van der Waals surface area contributed by atoms with E-state index in [1.807, 2.05) is 0 Å². The molecule has 0 radical (unpaired) electrons. The first-order valence-electron chi connectivity index (χ1n) is 4.85. The van der Waals surface area contributed by atoms with Gasteiger partial charge >= 0.3 is 6.18 Å². The van der Waals surface area contributed by atoms with Gasteiger partial charge in [-0.25, -0.2) is 4.98 Å². The van der Waals surface area contributed by atoms with Crippen molar-refractivity contribution in [2.75, 3.05) is 0 Å². The van der Waals surface area contributed by atoms with Crippen molar-refractivity contribution in [2.24, 2.45) is 7.05 Å². The Morgan fingerprint density at radius 2 is 2.00 bits per heavy atom. The van der Waals surface area contributed by atoms with Crippen LogP contribution in [0.2, 0.25) is 0 Å². The molecule has 2 aromatic heterocycles. The van der Waals surface area contributed by atoms with Crippen LogP contribution in [0.25, 0.3) is 11.2 Å². The molecule has 4 nitrogen and oxygen atoms in total. The fraction of sp³-hybridized carbons (Fsp3) is 0.556. The summed E-state index contributed by atoms with van der Waals surface area (Å²) in [6.07, 6.45) is -4.31. The zero-order valence-electron chi connectivity index (χ0n) is 9.21. The number of alkyl halides is 4. The lowest BCUT2D eigenvalue weighted by Crippen LogP contribution is -2.20. The van der Waals surface area contributed by atoms with Crippen molar-refractivity contribution < 1.29 is 13.2 Å².